The molecule has 2 aromatic carbocycles. The van der Waals surface area contributed by atoms with Gasteiger partial charge in [-0.25, -0.2) is 5.01 Å². The van der Waals surface area contributed by atoms with Gasteiger partial charge in [0, 0.05) is 12.0 Å². The number of ether oxygens (including phenoxy) is 2. The number of thiophene rings is 1. The molecule has 0 saturated carbocycles. The quantitative estimate of drug-likeness (QED) is 0.554. The summed E-state index contributed by atoms with van der Waals surface area (Å²) in [6.45, 7) is 2.80. The Labute approximate surface area is 169 Å². The number of hydrogen-bond acceptors (Lipinski definition) is 5. The van der Waals surface area contributed by atoms with E-state index in [2.05, 4.69) is 53.7 Å². The second-order valence-corrected chi connectivity index (χ2v) is 7.97. The van der Waals surface area contributed by atoms with Gasteiger partial charge in [-0.1, -0.05) is 43.3 Å². The highest BCUT2D eigenvalue weighted by molar-refractivity contribution is 7.12. The van der Waals surface area contributed by atoms with Gasteiger partial charge in [0.05, 0.1) is 28.8 Å². The lowest BCUT2D eigenvalue weighted by atomic mass is 9.97. The van der Waals surface area contributed by atoms with Crippen molar-refractivity contribution in [3.63, 3.8) is 0 Å². The third-order valence-electron chi connectivity index (χ3n) is 5.15. The standard InChI is InChI=1S/C23H22N2O2S/c1-2-13-26-20-10-5-4-9-17(20)23-25-19(16-8-3-6-11-21(16)27-23)15-18(24-25)22-12-7-14-28-22/h3-12,14,19,23H,2,13,15H2,1H3/t19-,23+/m0/s1. The first kappa shape index (κ1) is 17.3. The average molecular weight is 391 g/mol. The first-order valence-electron chi connectivity index (χ1n) is 9.72. The number of nitrogens with zero attached hydrogens (tertiary/aromatic N) is 2. The van der Waals surface area contributed by atoms with E-state index in [1.807, 2.05) is 24.3 Å². The van der Waals surface area contributed by atoms with Crippen LogP contribution in [0.3, 0.4) is 0 Å². The molecule has 142 valence electrons. The molecule has 0 radical (unpaired) electrons. The molecule has 1 aromatic heterocycles. The van der Waals surface area contributed by atoms with Crippen molar-refractivity contribution in [3.05, 3.63) is 82.0 Å². The molecule has 0 bridgehead atoms. The Morgan fingerprint density at radius 3 is 2.71 bits per heavy atom. The van der Waals surface area contributed by atoms with Crippen molar-refractivity contribution in [2.45, 2.75) is 32.0 Å². The molecule has 2 atom stereocenters. The predicted molar refractivity (Wildman–Crippen MR) is 112 cm³/mol. The van der Waals surface area contributed by atoms with Gasteiger partial charge in [-0.15, -0.1) is 11.3 Å². The smallest absolute Gasteiger partial charge is 0.217 e. The van der Waals surface area contributed by atoms with Crippen molar-refractivity contribution < 1.29 is 9.47 Å². The van der Waals surface area contributed by atoms with E-state index >= 15 is 0 Å². The molecule has 5 rings (SSSR count). The minimum Gasteiger partial charge on any atom is -0.493 e. The zero-order valence-electron chi connectivity index (χ0n) is 15.7. The second kappa shape index (κ2) is 7.32. The molecular formula is C23H22N2O2S. The molecule has 0 aliphatic carbocycles. The molecule has 2 aliphatic heterocycles. The van der Waals surface area contributed by atoms with E-state index in [1.54, 1.807) is 11.3 Å². The van der Waals surface area contributed by atoms with E-state index in [0.29, 0.717) is 6.61 Å². The molecule has 3 heterocycles. The number of benzene rings is 2. The summed E-state index contributed by atoms with van der Waals surface area (Å²) in [5, 5.41) is 9.23. The summed E-state index contributed by atoms with van der Waals surface area (Å²) in [6.07, 6.45) is 1.55. The summed E-state index contributed by atoms with van der Waals surface area (Å²) in [4.78, 5) is 1.22. The normalized spacial score (nSPS) is 20.2. The van der Waals surface area contributed by atoms with Gasteiger partial charge in [-0.2, -0.15) is 5.10 Å². The van der Waals surface area contributed by atoms with Crippen LogP contribution in [0.2, 0.25) is 0 Å². The van der Waals surface area contributed by atoms with E-state index in [-0.39, 0.29) is 12.3 Å². The van der Waals surface area contributed by atoms with Crippen LogP contribution in [0.4, 0.5) is 0 Å². The highest BCUT2D eigenvalue weighted by Crippen LogP contribution is 2.48. The summed E-state index contributed by atoms with van der Waals surface area (Å²) in [5.41, 5.74) is 3.34. The Hall–Kier alpha value is -2.79. The van der Waals surface area contributed by atoms with Crippen LogP contribution in [0.25, 0.3) is 0 Å². The molecule has 0 saturated heterocycles. The van der Waals surface area contributed by atoms with E-state index in [4.69, 9.17) is 14.6 Å². The highest BCUT2D eigenvalue weighted by atomic mass is 32.1. The Bertz CT molecular complexity index is 999. The van der Waals surface area contributed by atoms with Crippen molar-refractivity contribution in [2.75, 3.05) is 6.61 Å². The van der Waals surface area contributed by atoms with Crippen molar-refractivity contribution in [3.8, 4) is 11.5 Å². The minimum atomic E-state index is -0.301. The average Bonchev–Trinajstić information content (AvgIpc) is 3.42. The maximum Gasteiger partial charge on any atom is 0.217 e. The fraction of sp³-hybridized carbons (Fsp3) is 0.261. The van der Waals surface area contributed by atoms with Gasteiger partial charge in [-0.3, -0.25) is 0 Å². The Morgan fingerprint density at radius 1 is 1.07 bits per heavy atom. The molecule has 0 amide bonds. The number of hydrazone groups is 1. The van der Waals surface area contributed by atoms with Gasteiger partial charge < -0.3 is 9.47 Å². The van der Waals surface area contributed by atoms with Crippen LogP contribution >= 0.6 is 11.3 Å². The fourth-order valence-electron chi connectivity index (χ4n) is 3.86. The first-order chi connectivity index (χ1) is 13.8. The van der Waals surface area contributed by atoms with E-state index < -0.39 is 0 Å². The molecule has 3 aromatic rings. The van der Waals surface area contributed by atoms with Crippen LogP contribution in [0.5, 0.6) is 11.5 Å². The Balaban J connectivity index is 1.58. The molecule has 0 N–H and O–H groups in total. The molecule has 0 unspecified atom stereocenters. The summed E-state index contributed by atoms with van der Waals surface area (Å²) in [6, 6.07) is 20.8. The van der Waals surface area contributed by atoms with Crippen LogP contribution in [0.1, 0.15) is 48.0 Å². The lowest BCUT2D eigenvalue weighted by molar-refractivity contribution is -0.0206. The van der Waals surface area contributed by atoms with Gasteiger partial charge in [0.15, 0.2) is 0 Å². The van der Waals surface area contributed by atoms with Crippen molar-refractivity contribution >= 4 is 17.0 Å². The lowest BCUT2D eigenvalue weighted by Gasteiger charge is -2.38. The van der Waals surface area contributed by atoms with Gasteiger partial charge in [0.25, 0.3) is 0 Å². The van der Waals surface area contributed by atoms with E-state index in [1.165, 1.54) is 10.4 Å². The zero-order chi connectivity index (χ0) is 18.9. The van der Waals surface area contributed by atoms with Gasteiger partial charge in [0.1, 0.15) is 11.5 Å². The topological polar surface area (TPSA) is 34.1 Å². The summed E-state index contributed by atoms with van der Waals surface area (Å²) >= 11 is 1.74. The minimum absolute atomic E-state index is 0.172. The number of hydrogen-bond donors (Lipinski definition) is 0. The highest BCUT2D eigenvalue weighted by Gasteiger charge is 2.41. The van der Waals surface area contributed by atoms with Gasteiger partial charge >= 0.3 is 0 Å². The molecule has 0 spiro atoms. The van der Waals surface area contributed by atoms with E-state index in [9.17, 15) is 0 Å². The largest absolute Gasteiger partial charge is 0.493 e. The Morgan fingerprint density at radius 2 is 1.89 bits per heavy atom. The second-order valence-electron chi connectivity index (χ2n) is 7.02. The maximum absolute atomic E-state index is 6.46. The van der Waals surface area contributed by atoms with Gasteiger partial charge in [0.2, 0.25) is 6.23 Å². The SMILES string of the molecule is CCCOc1ccccc1[C@H]1Oc2ccccc2[C@@H]2CC(c3cccs3)=NN12. The molecule has 2 aliphatic rings. The summed E-state index contributed by atoms with van der Waals surface area (Å²) in [7, 11) is 0. The predicted octanol–water partition coefficient (Wildman–Crippen LogP) is 5.78. The third kappa shape index (κ3) is 2.96. The van der Waals surface area contributed by atoms with Crippen LogP contribution in [-0.2, 0) is 0 Å². The van der Waals surface area contributed by atoms with Crippen molar-refractivity contribution in [2.24, 2.45) is 5.10 Å². The van der Waals surface area contributed by atoms with Crippen molar-refractivity contribution in [1.29, 1.82) is 0 Å². The van der Waals surface area contributed by atoms with Crippen LogP contribution in [0.15, 0.2) is 71.1 Å². The third-order valence-corrected chi connectivity index (χ3v) is 6.07. The maximum atomic E-state index is 6.46. The fourth-order valence-corrected chi connectivity index (χ4v) is 4.58. The Kier molecular flexibility index (Phi) is 4.53. The van der Waals surface area contributed by atoms with Crippen LogP contribution < -0.4 is 9.47 Å². The van der Waals surface area contributed by atoms with Crippen LogP contribution in [-0.4, -0.2) is 17.3 Å². The molecule has 4 nitrogen and oxygen atoms in total. The monoisotopic (exact) mass is 390 g/mol. The van der Waals surface area contributed by atoms with Crippen LogP contribution in [0, 0.1) is 0 Å². The summed E-state index contributed by atoms with van der Waals surface area (Å²) < 4.78 is 12.5. The first-order valence-corrected chi connectivity index (χ1v) is 10.6. The van der Waals surface area contributed by atoms with Crippen molar-refractivity contribution in [1.82, 2.24) is 5.01 Å². The molecule has 28 heavy (non-hydrogen) atoms. The molecule has 5 heteroatoms. The molecule has 0 fully saturated rings. The lowest BCUT2D eigenvalue weighted by Crippen LogP contribution is -2.34. The molecular weight excluding hydrogens is 368 g/mol. The van der Waals surface area contributed by atoms with E-state index in [0.717, 1.165) is 35.6 Å². The number of rotatable bonds is 5. The zero-order valence-corrected chi connectivity index (χ0v) is 16.6. The number of fused-ring (bicyclic) bond motifs is 3. The summed E-state index contributed by atoms with van der Waals surface area (Å²) in [5.74, 6) is 1.80. The van der Waals surface area contributed by atoms with Gasteiger partial charge in [-0.05, 0) is 36.1 Å². The number of para-hydroxylation sites is 2.